The van der Waals surface area contributed by atoms with E-state index in [1.807, 2.05) is 32.0 Å². The van der Waals surface area contributed by atoms with Crippen LogP contribution in [0, 0.1) is 19.7 Å². The van der Waals surface area contributed by atoms with Crippen LogP contribution in [0.3, 0.4) is 0 Å². The number of hydrogen-bond donors (Lipinski definition) is 1. The highest BCUT2D eigenvalue weighted by molar-refractivity contribution is 9.10. The first-order valence-corrected chi connectivity index (χ1v) is 7.51. The average molecular weight is 350 g/mol. The van der Waals surface area contributed by atoms with Gasteiger partial charge in [0.15, 0.2) is 0 Å². The molecule has 2 aromatic rings. The summed E-state index contributed by atoms with van der Waals surface area (Å²) in [4.78, 5) is 12.3. The van der Waals surface area contributed by atoms with E-state index in [0.717, 1.165) is 15.6 Å². The Hall–Kier alpha value is -1.68. The molecule has 1 N–H and O–H groups in total. The summed E-state index contributed by atoms with van der Waals surface area (Å²) in [7, 11) is 0. The molecule has 0 aliphatic rings. The van der Waals surface area contributed by atoms with Crippen LogP contribution < -0.4 is 5.32 Å². The number of amides is 1. The Morgan fingerprint density at radius 2 is 1.90 bits per heavy atom. The van der Waals surface area contributed by atoms with Gasteiger partial charge in [0.25, 0.3) is 5.91 Å². The van der Waals surface area contributed by atoms with Gasteiger partial charge < -0.3 is 5.32 Å². The first-order valence-electron chi connectivity index (χ1n) is 6.71. The second kappa shape index (κ2) is 6.39. The maximum atomic E-state index is 13.6. The normalized spacial score (nSPS) is 12.0. The zero-order chi connectivity index (χ0) is 15.6. The predicted octanol–water partition coefficient (Wildman–Crippen LogP) is 4.70. The van der Waals surface area contributed by atoms with Crippen LogP contribution in [-0.4, -0.2) is 5.91 Å². The van der Waals surface area contributed by atoms with E-state index < -0.39 is 0 Å². The lowest BCUT2D eigenvalue weighted by molar-refractivity contribution is 0.0939. The van der Waals surface area contributed by atoms with E-state index in [-0.39, 0.29) is 17.8 Å². The van der Waals surface area contributed by atoms with E-state index in [0.29, 0.717) is 11.1 Å². The lowest BCUT2D eigenvalue weighted by atomic mass is 10.1. The smallest absolute Gasteiger partial charge is 0.252 e. The molecule has 1 atom stereocenters. The van der Waals surface area contributed by atoms with Crippen LogP contribution in [0.15, 0.2) is 40.9 Å². The van der Waals surface area contributed by atoms with Crippen molar-refractivity contribution in [1.29, 1.82) is 0 Å². The van der Waals surface area contributed by atoms with Crippen LogP contribution in [0.5, 0.6) is 0 Å². The molecule has 0 spiro atoms. The Labute approximate surface area is 132 Å². The van der Waals surface area contributed by atoms with Crippen molar-refractivity contribution >= 4 is 21.8 Å². The third kappa shape index (κ3) is 3.70. The van der Waals surface area contributed by atoms with Gasteiger partial charge in [0.05, 0.1) is 11.6 Å². The zero-order valence-corrected chi connectivity index (χ0v) is 13.8. The molecule has 2 nitrogen and oxygen atoms in total. The summed E-state index contributed by atoms with van der Waals surface area (Å²) in [6.07, 6.45) is 0. The van der Waals surface area contributed by atoms with Gasteiger partial charge in [0, 0.05) is 4.47 Å². The second-order valence-electron chi connectivity index (χ2n) is 5.19. The van der Waals surface area contributed by atoms with Crippen molar-refractivity contribution in [3.05, 3.63) is 68.9 Å². The van der Waals surface area contributed by atoms with Gasteiger partial charge in [-0.25, -0.2) is 4.39 Å². The molecule has 1 amide bonds. The van der Waals surface area contributed by atoms with E-state index in [9.17, 15) is 9.18 Å². The molecule has 4 heteroatoms. The van der Waals surface area contributed by atoms with Gasteiger partial charge >= 0.3 is 0 Å². The number of hydrogen-bond acceptors (Lipinski definition) is 1. The average Bonchev–Trinajstić information content (AvgIpc) is 2.41. The molecule has 0 bridgehead atoms. The first kappa shape index (κ1) is 15.7. The molecular formula is C17H17BrFNO. The van der Waals surface area contributed by atoms with E-state index in [1.165, 1.54) is 6.07 Å². The Morgan fingerprint density at radius 3 is 2.52 bits per heavy atom. The predicted molar refractivity (Wildman–Crippen MR) is 85.9 cm³/mol. The molecule has 0 fully saturated rings. The van der Waals surface area contributed by atoms with Crippen LogP contribution in [0.2, 0.25) is 0 Å². The van der Waals surface area contributed by atoms with Gasteiger partial charge in [0.1, 0.15) is 5.82 Å². The maximum absolute atomic E-state index is 13.6. The van der Waals surface area contributed by atoms with Gasteiger partial charge in [-0.05, 0) is 71.6 Å². The van der Waals surface area contributed by atoms with Crippen LogP contribution in [0.25, 0.3) is 0 Å². The molecule has 110 valence electrons. The molecular weight excluding hydrogens is 333 g/mol. The summed E-state index contributed by atoms with van der Waals surface area (Å²) >= 11 is 3.39. The highest BCUT2D eigenvalue weighted by Gasteiger charge is 2.14. The Balaban J connectivity index is 2.16. The topological polar surface area (TPSA) is 29.1 Å². The summed E-state index contributed by atoms with van der Waals surface area (Å²) in [6, 6.07) is 10.3. The van der Waals surface area contributed by atoms with Crippen LogP contribution in [0.4, 0.5) is 4.39 Å². The summed E-state index contributed by atoms with van der Waals surface area (Å²) in [5.74, 6) is -0.444. The summed E-state index contributed by atoms with van der Waals surface area (Å²) in [6.45, 7) is 5.51. The summed E-state index contributed by atoms with van der Waals surface area (Å²) in [5, 5.41) is 2.88. The van der Waals surface area contributed by atoms with Crippen molar-refractivity contribution in [2.45, 2.75) is 26.8 Å². The minimum absolute atomic E-state index is 0.185. The Kier molecular flexibility index (Phi) is 4.78. The van der Waals surface area contributed by atoms with Crippen LogP contribution in [0.1, 0.15) is 40.0 Å². The molecule has 0 aromatic heterocycles. The molecule has 0 saturated heterocycles. The molecule has 0 saturated carbocycles. The number of aryl methyl sites for hydroxylation is 2. The van der Waals surface area contributed by atoms with Gasteiger partial charge in [-0.3, -0.25) is 4.79 Å². The van der Waals surface area contributed by atoms with Crippen molar-refractivity contribution in [2.24, 2.45) is 0 Å². The maximum Gasteiger partial charge on any atom is 0.252 e. The Bertz CT molecular complexity index is 684. The zero-order valence-electron chi connectivity index (χ0n) is 12.2. The minimum atomic E-state index is -0.263. The quantitative estimate of drug-likeness (QED) is 0.855. The minimum Gasteiger partial charge on any atom is -0.345 e. The molecule has 0 aliphatic heterocycles. The van der Waals surface area contributed by atoms with E-state index >= 15 is 0 Å². The van der Waals surface area contributed by atoms with Gasteiger partial charge in [0.2, 0.25) is 0 Å². The van der Waals surface area contributed by atoms with E-state index in [2.05, 4.69) is 21.2 Å². The molecule has 21 heavy (non-hydrogen) atoms. The van der Waals surface area contributed by atoms with Crippen molar-refractivity contribution < 1.29 is 9.18 Å². The SMILES string of the molecule is Cc1ccc(C(=O)NC(C)c2ccc(C)c(F)c2)c(Br)c1. The third-order valence-corrected chi connectivity index (χ3v) is 4.07. The third-order valence-electron chi connectivity index (χ3n) is 3.41. The van der Waals surface area contributed by atoms with Gasteiger partial charge in [-0.15, -0.1) is 0 Å². The fourth-order valence-corrected chi connectivity index (χ4v) is 2.71. The molecule has 2 rings (SSSR count). The standard InChI is InChI=1S/C17H17BrFNO/c1-10-4-7-14(15(18)8-10)17(21)20-12(3)13-6-5-11(2)16(19)9-13/h4-9,12H,1-3H3,(H,20,21). The van der Waals surface area contributed by atoms with Crippen molar-refractivity contribution in [3.63, 3.8) is 0 Å². The number of rotatable bonds is 3. The van der Waals surface area contributed by atoms with Gasteiger partial charge in [-0.1, -0.05) is 18.2 Å². The summed E-state index contributed by atoms with van der Waals surface area (Å²) < 4.78 is 14.3. The van der Waals surface area contributed by atoms with Crippen LogP contribution >= 0.6 is 15.9 Å². The van der Waals surface area contributed by atoms with Crippen LogP contribution in [-0.2, 0) is 0 Å². The molecule has 0 heterocycles. The number of benzene rings is 2. The molecule has 2 aromatic carbocycles. The monoisotopic (exact) mass is 349 g/mol. The van der Waals surface area contributed by atoms with Crippen molar-refractivity contribution in [1.82, 2.24) is 5.32 Å². The van der Waals surface area contributed by atoms with Crippen molar-refractivity contribution in [3.8, 4) is 0 Å². The fourth-order valence-electron chi connectivity index (χ4n) is 2.04. The summed E-state index contributed by atoms with van der Waals surface area (Å²) in [5.41, 5.74) is 2.99. The first-order chi connectivity index (χ1) is 9.88. The van der Waals surface area contributed by atoms with E-state index in [1.54, 1.807) is 19.1 Å². The number of halogens is 2. The molecule has 0 aliphatic carbocycles. The fraction of sp³-hybridized carbons (Fsp3) is 0.235. The van der Waals surface area contributed by atoms with Crippen molar-refractivity contribution in [2.75, 3.05) is 0 Å². The van der Waals surface area contributed by atoms with Gasteiger partial charge in [-0.2, -0.15) is 0 Å². The lowest BCUT2D eigenvalue weighted by Gasteiger charge is -2.16. The Morgan fingerprint density at radius 1 is 1.19 bits per heavy atom. The second-order valence-corrected chi connectivity index (χ2v) is 6.04. The highest BCUT2D eigenvalue weighted by Crippen LogP contribution is 2.21. The highest BCUT2D eigenvalue weighted by atomic mass is 79.9. The molecule has 0 radical (unpaired) electrons. The van der Waals surface area contributed by atoms with E-state index in [4.69, 9.17) is 0 Å². The number of carbonyl (C=O) groups is 1. The largest absolute Gasteiger partial charge is 0.345 e. The lowest BCUT2D eigenvalue weighted by Crippen LogP contribution is -2.27. The number of carbonyl (C=O) groups excluding carboxylic acids is 1. The molecule has 1 unspecified atom stereocenters. The number of nitrogens with one attached hydrogen (secondary N) is 1.